The smallest absolute Gasteiger partial charge is 0.330 e. The maximum atomic E-state index is 11.9. The fraction of sp³-hybridized carbons (Fsp3) is 0.400. The molecule has 0 saturated carbocycles. The molecule has 5 rings (SSSR count). The molecule has 0 spiro atoms. The van der Waals surface area contributed by atoms with E-state index in [0.717, 1.165) is 15.8 Å². The zero-order valence-electron chi connectivity index (χ0n) is 24.0. The van der Waals surface area contributed by atoms with E-state index in [0.29, 0.717) is 84.6 Å². The third-order valence-electron chi connectivity index (χ3n) is 7.38. The Balaban J connectivity index is 1.22. The Morgan fingerprint density at radius 2 is 1.84 bits per heavy atom. The molecule has 3 aromatic rings. The Labute approximate surface area is 262 Å². The number of ether oxygens (including phenoxy) is 2. The number of rotatable bonds is 10. The highest BCUT2D eigenvalue weighted by Crippen LogP contribution is 2.35. The van der Waals surface area contributed by atoms with E-state index in [1.165, 1.54) is 17.8 Å². The molecule has 1 fully saturated rings. The standard InChI is InChI=1S/C30H34BrN5O6S/c1-3-42-27(40)9-5-18-4-6-20(28-19(18)7-8-26(33-28)41-2)22(37)15-35-10-12-36(13-11-35)16-23(38)29-21(31)14-24-30(34-29)32-25(39)17-43-24/h4-9,14,22-23,37-38H,3,10-13,15-17H2,1-2H3,(H,32,34,39)/b9-5+. The Bertz CT molecular complexity index is 1530. The van der Waals surface area contributed by atoms with Gasteiger partial charge in [0, 0.05) is 66.8 Å². The number of methoxy groups -OCH3 is 1. The van der Waals surface area contributed by atoms with Crippen molar-refractivity contribution in [3.63, 3.8) is 0 Å². The number of aromatic nitrogens is 2. The molecule has 228 valence electrons. The maximum Gasteiger partial charge on any atom is 0.330 e. The minimum atomic E-state index is -0.829. The normalized spacial score (nSPS) is 17.5. The van der Waals surface area contributed by atoms with Crippen LogP contribution in [-0.4, -0.2) is 101 Å². The predicted molar refractivity (Wildman–Crippen MR) is 168 cm³/mol. The van der Waals surface area contributed by atoms with Crippen molar-refractivity contribution in [1.82, 2.24) is 19.8 Å². The monoisotopic (exact) mass is 671 g/mol. The number of anilines is 1. The predicted octanol–water partition coefficient (Wildman–Crippen LogP) is 3.41. The summed E-state index contributed by atoms with van der Waals surface area (Å²) in [6.45, 7) is 5.72. The second kappa shape index (κ2) is 14.1. The average Bonchev–Trinajstić information content (AvgIpc) is 3.00. The summed E-state index contributed by atoms with van der Waals surface area (Å²) in [7, 11) is 1.54. The molecule has 2 aliphatic heterocycles. The van der Waals surface area contributed by atoms with Gasteiger partial charge in [0.1, 0.15) is 11.9 Å². The first-order valence-electron chi connectivity index (χ1n) is 14.0. The number of nitrogens with zero attached hydrogens (tertiary/aromatic N) is 4. The molecule has 2 unspecified atom stereocenters. The van der Waals surface area contributed by atoms with E-state index in [2.05, 4.69) is 41.0 Å². The van der Waals surface area contributed by atoms with Crippen molar-refractivity contribution in [3.05, 3.63) is 57.7 Å². The molecule has 4 heterocycles. The molecule has 1 aromatic carbocycles. The number of benzene rings is 1. The van der Waals surface area contributed by atoms with Gasteiger partial charge in [0.15, 0.2) is 0 Å². The number of pyridine rings is 2. The van der Waals surface area contributed by atoms with Crippen molar-refractivity contribution in [2.75, 3.05) is 64.1 Å². The number of nitrogens with one attached hydrogen (secondary N) is 1. The number of amides is 1. The zero-order valence-corrected chi connectivity index (χ0v) is 26.4. The first-order chi connectivity index (χ1) is 20.7. The summed E-state index contributed by atoms with van der Waals surface area (Å²) in [5, 5.41) is 25.9. The molecular weight excluding hydrogens is 638 g/mol. The Kier molecular flexibility index (Phi) is 10.3. The highest BCUT2D eigenvalue weighted by atomic mass is 79.9. The highest BCUT2D eigenvalue weighted by Gasteiger charge is 2.26. The molecule has 13 heteroatoms. The number of halogens is 1. The Morgan fingerprint density at radius 1 is 1.12 bits per heavy atom. The number of hydrogen-bond donors (Lipinski definition) is 3. The van der Waals surface area contributed by atoms with Crippen LogP contribution in [0.3, 0.4) is 0 Å². The van der Waals surface area contributed by atoms with E-state index in [9.17, 15) is 19.8 Å². The number of fused-ring (bicyclic) bond motifs is 2. The van der Waals surface area contributed by atoms with Gasteiger partial charge >= 0.3 is 5.97 Å². The number of piperazine rings is 1. The molecular formula is C30H34BrN5O6S. The molecule has 0 radical (unpaired) electrons. The highest BCUT2D eigenvalue weighted by molar-refractivity contribution is 9.10. The molecule has 2 atom stereocenters. The molecule has 2 aromatic heterocycles. The third kappa shape index (κ3) is 7.54. The number of aliphatic hydroxyl groups excluding tert-OH is 2. The topological polar surface area (TPSA) is 137 Å². The van der Waals surface area contributed by atoms with Gasteiger partial charge < -0.3 is 25.0 Å². The number of carbonyl (C=O) groups excluding carboxylic acids is 2. The number of aliphatic hydroxyl groups is 2. The van der Waals surface area contributed by atoms with Crippen molar-refractivity contribution in [3.8, 4) is 5.88 Å². The largest absolute Gasteiger partial charge is 0.481 e. The van der Waals surface area contributed by atoms with Crippen LogP contribution >= 0.6 is 27.7 Å². The lowest BCUT2D eigenvalue weighted by atomic mass is 9.99. The fourth-order valence-corrected chi connectivity index (χ4v) is 6.70. The van der Waals surface area contributed by atoms with Gasteiger partial charge in [-0.15, -0.1) is 11.8 Å². The average molecular weight is 673 g/mol. The van der Waals surface area contributed by atoms with Gasteiger partial charge in [0.25, 0.3) is 0 Å². The van der Waals surface area contributed by atoms with E-state index in [4.69, 9.17) is 9.47 Å². The van der Waals surface area contributed by atoms with E-state index < -0.39 is 18.2 Å². The van der Waals surface area contributed by atoms with Crippen LogP contribution in [0.15, 0.2) is 45.8 Å². The summed E-state index contributed by atoms with van der Waals surface area (Å²) in [4.78, 5) is 38.0. The van der Waals surface area contributed by atoms with Crippen molar-refractivity contribution in [1.29, 1.82) is 0 Å². The Hall–Kier alpha value is -3.07. The van der Waals surface area contributed by atoms with Crippen LogP contribution in [0.4, 0.5) is 5.82 Å². The summed E-state index contributed by atoms with van der Waals surface area (Å²) in [6.07, 6.45) is 1.44. The van der Waals surface area contributed by atoms with Gasteiger partial charge in [-0.25, -0.2) is 14.8 Å². The summed E-state index contributed by atoms with van der Waals surface area (Å²) in [5.41, 5.74) is 2.56. The van der Waals surface area contributed by atoms with Gasteiger partial charge in [0.2, 0.25) is 11.8 Å². The molecule has 3 N–H and O–H groups in total. The molecule has 1 amide bonds. The number of carbonyl (C=O) groups is 2. The first kappa shape index (κ1) is 31.4. The molecule has 11 nitrogen and oxygen atoms in total. The van der Waals surface area contributed by atoms with Crippen molar-refractivity contribution in [2.45, 2.75) is 24.0 Å². The second-order valence-corrected chi connectivity index (χ2v) is 12.1. The molecule has 0 bridgehead atoms. The van der Waals surface area contributed by atoms with Crippen LogP contribution in [0.2, 0.25) is 0 Å². The minimum absolute atomic E-state index is 0.101. The number of thioether (sulfide) groups is 1. The lowest BCUT2D eigenvalue weighted by Crippen LogP contribution is -2.48. The van der Waals surface area contributed by atoms with Crippen LogP contribution in [0.25, 0.3) is 17.0 Å². The fourth-order valence-electron chi connectivity index (χ4n) is 5.18. The van der Waals surface area contributed by atoms with Crippen LogP contribution in [0.1, 0.15) is 36.0 Å². The number of esters is 1. The lowest BCUT2D eigenvalue weighted by Gasteiger charge is -2.36. The minimum Gasteiger partial charge on any atom is -0.481 e. The number of β-amino-alcohol motifs (C(OH)–C–C–N with tert-alkyl or cyclic N) is 2. The van der Waals surface area contributed by atoms with Crippen molar-refractivity contribution in [2.24, 2.45) is 0 Å². The summed E-state index contributed by atoms with van der Waals surface area (Å²) >= 11 is 4.95. The second-order valence-electron chi connectivity index (χ2n) is 10.3. The van der Waals surface area contributed by atoms with Gasteiger partial charge in [-0.2, -0.15) is 0 Å². The van der Waals surface area contributed by atoms with E-state index >= 15 is 0 Å². The van der Waals surface area contributed by atoms with Gasteiger partial charge in [-0.1, -0.05) is 12.1 Å². The van der Waals surface area contributed by atoms with Crippen LogP contribution in [0.5, 0.6) is 5.88 Å². The summed E-state index contributed by atoms with van der Waals surface area (Å²) in [5.74, 6) is 0.742. The third-order valence-corrected chi connectivity index (χ3v) is 9.04. The van der Waals surface area contributed by atoms with Crippen molar-refractivity contribution < 1.29 is 29.3 Å². The van der Waals surface area contributed by atoms with Gasteiger partial charge in [-0.3, -0.25) is 14.6 Å². The first-order valence-corrected chi connectivity index (χ1v) is 15.8. The van der Waals surface area contributed by atoms with E-state index in [-0.39, 0.29) is 5.91 Å². The number of hydrogen-bond acceptors (Lipinski definition) is 11. The zero-order chi connectivity index (χ0) is 30.5. The summed E-state index contributed by atoms with van der Waals surface area (Å²) < 4.78 is 11.1. The van der Waals surface area contributed by atoms with Crippen molar-refractivity contribution >= 4 is 62.4 Å². The Morgan fingerprint density at radius 3 is 2.53 bits per heavy atom. The molecule has 0 aliphatic carbocycles. The maximum absolute atomic E-state index is 11.9. The van der Waals surface area contributed by atoms with E-state index in [1.54, 1.807) is 26.2 Å². The molecule has 43 heavy (non-hydrogen) atoms. The summed E-state index contributed by atoms with van der Waals surface area (Å²) in [6, 6.07) is 9.21. The van der Waals surface area contributed by atoms with Crippen LogP contribution in [-0.2, 0) is 14.3 Å². The molecule has 2 aliphatic rings. The quantitative estimate of drug-likeness (QED) is 0.216. The van der Waals surface area contributed by atoms with Gasteiger partial charge in [-0.05, 0) is 46.6 Å². The van der Waals surface area contributed by atoms with E-state index in [1.807, 2.05) is 24.3 Å². The SMILES string of the molecule is CCOC(=O)/C=C/c1ccc(C(O)CN2CCN(CC(O)c3nc4c(cc3Br)SCC(=O)N4)CC2)c2nc(OC)ccc12. The lowest BCUT2D eigenvalue weighted by molar-refractivity contribution is -0.137. The molecule has 1 saturated heterocycles. The van der Waals surface area contributed by atoms with Crippen LogP contribution in [0, 0.1) is 0 Å². The van der Waals surface area contributed by atoms with Gasteiger partial charge in [0.05, 0.1) is 41.7 Å². The van der Waals surface area contributed by atoms with Crippen LogP contribution < -0.4 is 10.1 Å².